The highest BCUT2D eigenvalue weighted by atomic mass is 32.2. The average Bonchev–Trinajstić information content (AvgIpc) is 3.02. The van der Waals surface area contributed by atoms with E-state index < -0.39 is 0 Å². The zero-order valence-electron chi connectivity index (χ0n) is 15.4. The predicted molar refractivity (Wildman–Crippen MR) is 106 cm³/mol. The Morgan fingerprint density at radius 1 is 1.19 bits per heavy atom. The summed E-state index contributed by atoms with van der Waals surface area (Å²) in [7, 11) is 3.37. The summed E-state index contributed by atoms with van der Waals surface area (Å²) in [5.41, 5.74) is 0.927. The lowest BCUT2D eigenvalue weighted by molar-refractivity contribution is -0.114. The molecule has 0 bridgehead atoms. The topological polar surface area (TPSA) is 90.9 Å². The van der Waals surface area contributed by atoms with Crippen molar-refractivity contribution in [3.63, 3.8) is 0 Å². The number of nitrogens with zero attached hydrogens (tertiary/aromatic N) is 4. The van der Waals surface area contributed by atoms with E-state index in [4.69, 9.17) is 0 Å². The minimum Gasteiger partial charge on any atom is -0.328 e. The standard InChI is InChI=1S/C18H21N5O3S/c1-12(24)20-13-5-7-14(8-6-13)27-10-4-9-23-17(25)15-16(19-11-21(15)2)22(3)18(23)26/h5-8,11H,4,9-10H2,1-3H3,(H,20,24). The van der Waals surface area contributed by atoms with Crippen LogP contribution in [0.4, 0.5) is 5.69 Å². The molecular formula is C18H21N5O3S. The molecule has 0 aliphatic rings. The first kappa shape index (κ1) is 19.0. The van der Waals surface area contributed by atoms with Crippen molar-refractivity contribution in [1.82, 2.24) is 18.7 Å². The highest BCUT2D eigenvalue weighted by Gasteiger charge is 2.14. The SMILES string of the molecule is CC(=O)Nc1ccc(SCCCn2c(=O)c3c(ncn3C)n(C)c2=O)cc1. The molecule has 1 amide bonds. The number of amides is 1. The van der Waals surface area contributed by atoms with Gasteiger partial charge in [-0.25, -0.2) is 9.78 Å². The fraction of sp³-hybridized carbons (Fsp3) is 0.333. The van der Waals surface area contributed by atoms with Gasteiger partial charge in [-0.15, -0.1) is 11.8 Å². The van der Waals surface area contributed by atoms with Gasteiger partial charge in [0.2, 0.25) is 5.91 Å². The van der Waals surface area contributed by atoms with Crippen LogP contribution < -0.4 is 16.6 Å². The molecule has 0 saturated carbocycles. The number of benzene rings is 1. The van der Waals surface area contributed by atoms with Crippen molar-refractivity contribution in [2.45, 2.75) is 24.8 Å². The summed E-state index contributed by atoms with van der Waals surface area (Å²) >= 11 is 1.64. The first-order valence-corrected chi connectivity index (χ1v) is 9.48. The number of imidazole rings is 1. The molecular weight excluding hydrogens is 366 g/mol. The highest BCUT2D eigenvalue weighted by molar-refractivity contribution is 7.99. The van der Waals surface area contributed by atoms with E-state index in [2.05, 4.69) is 10.3 Å². The monoisotopic (exact) mass is 387 g/mol. The molecule has 0 atom stereocenters. The molecule has 3 rings (SSSR count). The van der Waals surface area contributed by atoms with Crippen LogP contribution in [0.15, 0.2) is 45.1 Å². The van der Waals surface area contributed by atoms with Crippen molar-refractivity contribution in [3.05, 3.63) is 51.4 Å². The van der Waals surface area contributed by atoms with E-state index in [1.165, 1.54) is 22.4 Å². The van der Waals surface area contributed by atoms with Gasteiger partial charge in [-0.3, -0.25) is 18.7 Å². The third kappa shape index (κ3) is 3.97. The number of rotatable bonds is 6. The summed E-state index contributed by atoms with van der Waals surface area (Å²) in [6.07, 6.45) is 2.22. The Morgan fingerprint density at radius 3 is 2.56 bits per heavy atom. The summed E-state index contributed by atoms with van der Waals surface area (Å²) in [5, 5.41) is 2.72. The predicted octanol–water partition coefficient (Wildman–Crippen LogP) is 1.57. The second-order valence-corrected chi connectivity index (χ2v) is 7.40. The number of anilines is 1. The van der Waals surface area contributed by atoms with Crippen molar-refractivity contribution >= 4 is 34.5 Å². The van der Waals surface area contributed by atoms with Gasteiger partial charge < -0.3 is 9.88 Å². The molecule has 2 heterocycles. The van der Waals surface area contributed by atoms with Crippen LogP contribution in [0.2, 0.25) is 0 Å². The Hall–Kier alpha value is -2.81. The average molecular weight is 387 g/mol. The van der Waals surface area contributed by atoms with Gasteiger partial charge in [0, 0.05) is 38.1 Å². The number of hydrogen-bond donors (Lipinski definition) is 1. The minimum absolute atomic E-state index is 0.104. The largest absolute Gasteiger partial charge is 0.332 e. The van der Waals surface area contributed by atoms with Gasteiger partial charge in [-0.1, -0.05) is 0 Å². The van der Waals surface area contributed by atoms with Crippen molar-refractivity contribution in [2.75, 3.05) is 11.1 Å². The van der Waals surface area contributed by atoms with E-state index in [1.807, 2.05) is 24.3 Å². The van der Waals surface area contributed by atoms with E-state index in [0.29, 0.717) is 24.1 Å². The molecule has 0 unspecified atom stereocenters. The van der Waals surface area contributed by atoms with E-state index in [0.717, 1.165) is 16.3 Å². The molecule has 2 aromatic heterocycles. The molecule has 9 heteroatoms. The van der Waals surface area contributed by atoms with Crippen LogP contribution in [0.1, 0.15) is 13.3 Å². The summed E-state index contributed by atoms with van der Waals surface area (Å²) in [4.78, 5) is 41.3. The third-order valence-electron chi connectivity index (χ3n) is 4.17. The van der Waals surface area contributed by atoms with E-state index in [1.54, 1.807) is 30.4 Å². The van der Waals surface area contributed by atoms with Crippen molar-refractivity contribution in [2.24, 2.45) is 14.1 Å². The summed E-state index contributed by atoms with van der Waals surface area (Å²) in [6.45, 7) is 1.82. The van der Waals surface area contributed by atoms with Crippen molar-refractivity contribution < 1.29 is 4.79 Å². The number of thioether (sulfide) groups is 1. The number of aryl methyl sites for hydroxylation is 2. The maximum Gasteiger partial charge on any atom is 0.332 e. The Morgan fingerprint density at radius 2 is 1.89 bits per heavy atom. The maximum absolute atomic E-state index is 12.6. The molecule has 0 fully saturated rings. The lowest BCUT2D eigenvalue weighted by atomic mass is 10.3. The van der Waals surface area contributed by atoms with E-state index in [9.17, 15) is 14.4 Å². The lowest BCUT2D eigenvalue weighted by Crippen LogP contribution is -2.39. The van der Waals surface area contributed by atoms with Gasteiger partial charge in [0.05, 0.1) is 6.33 Å². The second kappa shape index (κ2) is 7.83. The fourth-order valence-corrected chi connectivity index (χ4v) is 3.68. The van der Waals surface area contributed by atoms with Crippen molar-refractivity contribution in [1.29, 1.82) is 0 Å². The van der Waals surface area contributed by atoms with Gasteiger partial charge in [0.25, 0.3) is 5.56 Å². The minimum atomic E-state index is -0.351. The van der Waals surface area contributed by atoms with Crippen LogP contribution in [0, 0.1) is 0 Å². The van der Waals surface area contributed by atoms with Crippen LogP contribution in [0.3, 0.4) is 0 Å². The van der Waals surface area contributed by atoms with Crippen LogP contribution in [-0.4, -0.2) is 30.3 Å². The van der Waals surface area contributed by atoms with Gasteiger partial charge >= 0.3 is 5.69 Å². The molecule has 0 saturated heterocycles. The Bertz CT molecular complexity index is 1100. The Labute approximate surface area is 159 Å². The van der Waals surface area contributed by atoms with E-state index >= 15 is 0 Å². The number of nitrogens with one attached hydrogen (secondary N) is 1. The normalized spacial score (nSPS) is 11.1. The molecule has 0 spiro atoms. The van der Waals surface area contributed by atoms with Gasteiger partial charge in [-0.2, -0.15) is 0 Å². The van der Waals surface area contributed by atoms with Gasteiger partial charge in [-0.05, 0) is 36.4 Å². The number of hydrogen-bond acceptors (Lipinski definition) is 5. The van der Waals surface area contributed by atoms with Gasteiger partial charge in [0.1, 0.15) is 0 Å². The molecule has 3 aromatic rings. The molecule has 1 N–H and O–H groups in total. The molecule has 0 aliphatic carbocycles. The summed E-state index contributed by atoms with van der Waals surface area (Å²) < 4.78 is 4.31. The quantitative estimate of drug-likeness (QED) is 0.512. The molecule has 8 nitrogen and oxygen atoms in total. The first-order valence-electron chi connectivity index (χ1n) is 8.50. The van der Waals surface area contributed by atoms with Crippen molar-refractivity contribution in [3.8, 4) is 0 Å². The zero-order chi connectivity index (χ0) is 19.6. The number of aromatic nitrogens is 4. The third-order valence-corrected chi connectivity index (χ3v) is 5.27. The zero-order valence-corrected chi connectivity index (χ0v) is 16.2. The second-order valence-electron chi connectivity index (χ2n) is 6.23. The number of fused-ring (bicyclic) bond motifs is 1. The number of carbonyl (C=O) groups is 1. The highest BCUT2D eigenvalue weighted by Crippen LogP contribution is 2.21. The summed E-state index contributed by atoms with van der Waals surface area (Å²) in [5.74, 6) is 0.659. The smallest absolute Gasteiger partial charge is 0.328 e. The first-order chi connectivity index (χ1) is 12.9. The van der Waals surface area contributed by atoms with Crippen LogP contribution in [0.25, 0.3) is 11.2 Å². The van der Waals surface area contributed by atoms with Crippen LogP contribution in [-0.2, 0) is 25.4 Å². The summed E-state index contributed by atoms with van der Waals surface area (Å²) in [6, 6.07) is 7.56. The van der Waals surface area contributed by atoms with Crippen LogP contribution >= 0.6 is 11.8 Å². The lowest BCUT2D eigenvalue weighted by Gasteiger charge is -2.09. The molecule has 0 aliphatic heterocycles. The molecule has 142 valence electrons. The maximum atomic E-state index is 12.6. The fourth-order valence-electron chi connectivity index (χ4n) is 2.84. The molecule has 27 heavy (non-hydrogen) atoms. The van der Waals surface area contributed by atoms with Crippen LogP contribution in [0.5, 0.6) is 0 Å². The Balaban J connectivity index is 1.66. The Kier molecular flexibility index (Phi) is 5.50. The van der Waals surface area contributed by atoms with Gasteiger partial charge in [0.15, 0.2) is 11.2 Å². The molecule has 1 aromatic carbocycles. The molecule has 0 radical (unpaired) electrons. The van der Waals surface area contributed by atoms with E-state index in [-0.39, 0.29) is 17.2 Å². The number of carbonyl (C=O) groups excluding carboxylic acids is 1.